The Morgan fingerprint density at radius 1 is 1.24 bits per heavy atom. The molecule has 1 rings (SSSR count). The van der Waals surface area contributed by atoms with Crippen LogP contribution in [0.25, 0.3) is 0 Å². The maximum atomic E-state index is 11.1. The highest BCUT2D eigenvalue weighted by Crippen LogP contribution is 2.25. The summed E-state index contributed by atoms with van der Waals surface area (Å²) in [7, 11) is 0. The number of aliphatic hydroxyl groups excluding tert-OH is 1. The van der Waals surface area contributed by atoms with Gasteiger partial charge in [-0.15, -0.1) is 0 Å². The van der Waals surface area contributed by atoms with Crippen LogP contribution in [0.3, 0.4) is 0 Å². The molecule has 4 heteroatoms. The molecule has 94 valence electrons. The van der Waals surface area contributed by atoms with Gasteiger partial charge in [0.2, 0.25) is 6.10 Å². The van der Waals surface area contributed by atoms with E-state index >= 15 is 0 Å². The first-order valence-corrected chi connectivity index (χ1v) is 5.45. The zero-order valence-electron chi connectivity index (χ0n) is 10.3. The van der Waals surface area contributed by atoms with Crippen molar-refractivity contribution in [2.45, 2.75) is 33.0 Å². The second-order valence-corrected chi connectivity index (χ2v) is 5.00. The molecule has 0 aromatic heterocycles. The lowest BCUT2D eigenvalue weighted by atomic mass is 9.86. The largest absolute Gasteiger partial charge is 0.478 e. The third kappa shape index (κ3) is 3.75. The molecule has 0 aliphatic rings. The highest BCUT2D eigenvalue weighted by molar-refractivity contribution is 5.73. The molecule has 2 N–H and O–H groups in total. The Morgan fingerprint density at radius 2 is 1.76 bits per heavy atom. The number of para-hydroxylation sites is 1. The van der Waals surface area contributed by atoms with Crippen molar-refractivity contribution in [1.82, 2.24) is 0 Å². The highest BCUT2D eigenvalue weighted by atomic mass is 16.5. The van der Waals surface area contributed by atoms with E-state index in [0.29, 0.717) is 5.75 Å². The van der Waals surface area contributed by atoms with E-state index in [2.05, 4.69) is 0 Å². The second kappa shape index (κ2) is 5.19. The van der Waals surface area contributed by atoms with E-state index in [1.807, 2.05) is 6.07 Å². The van der Waals surface area contributed by atoms with Gasteiger partial charge < -0.3 is 14.9 Å². The summed E-state index contributed by atoms with van der Waals surface area (Å²) in [6.07, 6.45) is -2.35. The van der Waals surface area contributed by atoms with Crippen LogP contribution in [0, 0.1) is 5.41 Å². The molecule has 17 heavy (non-hydrogen) atoms. The number of hydrogen-bond acceptors (Lipinski definition) is 3. The Labute approximate surface area is 101 Å². The van der Waals surface area contributed by atoms with E-state index in [-0.39, 0.29) is 0 Å². The van der Waals surface area contributed by atoms with Gasteiger partial charge in [-0.25, -0.2) is 4.79 Å². The van der Waals surface area contributed by atoms with Gasteiger partial charge in [-0.3, -0.25) is 0 Å². The van der Waals surface area contributed by atoms with Crippen molar-refractivity contribution in [3.63, 3.8) is 0 Å². The average molecular weight is 238 g/mol. The smallest absolute Gasteiger partial charge is 0.347 e. The number of hydrogen-bond donors (Lipinski definition) is 2. The van der Waals surface area contributed by atoms with Crippen LogP contribution in [-0.2, 0) is 4.79 Å². The Kier molecular flexibility index (Phi) is 4.12. The number of aliphatic carboxylic acids is 1. The number of benzene rings is 1. The van der Waals surface area contributed by atoms with Crippen molar-refractivity contribution in [3.05, 3.63) is 30.3 Å². The van der Waals surface area contributed by atoms with Gasteiger partial charge in [-0.1, -0.05) is 39.0 Å². The first-order valence-electron chi connectivity index (χ1n) is 5.45. The van der Waals surface area contributed by atoms with E-state index in [4.69, 9.17) is 9.84 Å². The molecule has 4 nitrogen and oxygen atoms in total. The lowest BCUT2D eigenvalue weighted by Crippen LogP contribution is -2.46. The minimum absolute atomic E-state index is 0.434. The minimum atomic E-state index is -1.27. The summed E-state index contributed by atoms with van der Waals surface area (Å²) < 4.78 is 5.31. The third-order valence-electron chi connectivity index (χ3n) is 2.42. The molecule has 0 radical (unpaired) electrons. The Hall–Kier alpha value is -1.55. The van der Waals surface area contributed by atoms with Crippen LogP contribution in [0.15, 0.2) is 30.3 Å². The monoisotopic (exact) mass is 238 g/mol. The van der Waals surface area contributed by atoms with Gasteiger partial charge in [0.25, 0.3) is 0 Å². The molecule has 2 unspecified atom stereocenters. The number of carboxylic acid groups (broad SMARTS) is 1. The van der Waals surface area contributed by atoms with Crippen LogP contribution in [0.1, 0.15) is 20.8 Å². The maximum absolute atomic E-state index is 11.1. The minimum Gasteiger partial charge on any atom is -0.478 e. The molecular weight excluding hydrogens is 220 g/mol. The fourth-order valence-electron chi connectivity index (χ4n) is 1.35. The average Bonchev–Trinajstić information content (AvgIpc) is 2.24. The molecule has 1 aromatic carbocycles. The van der Waals surface area contributed by atoms with Crippen LogP contribution in [-0.4, -0.2) is 28.4 Å². The van der Waals surface area contributed by atoms with E-state index < -0.39 is 23.6 Å². The summed E-state index contributed by atoms with van der Waals surface area (Å²) in [5.41, 5.74) is -0.558. The first-order chi connectivity index (χ1) is 7.82. The molecular formula is C13H18O4. The molecule has 0 saturated carbocycles. The molecule has 0 fully saturated rings. The molecule has 2 atom stereocenters. The van der Waals surface area contributed by atoms with Gasteiger partial charge in [-0.2, -0.15) is 0 Å². The summed E-state index contributed by atoms with van der Waals surface area (Å²) in [6.45, 7) is 5.30. The van der Waals surface area contributed by atoms with E-state index in [1.54, 1.807) is 45.0 Å². The molecule has 0 spiro atoms. The lowest BCUT2D eigenvalue weighted by molar-refractivity contribution is -0.154. The van der Waals surface area contributed by atoms with Crippen molar-refractivity contribution in [2.24, 2.45) is 5.41 Å². The fourth-order valence-corrected chi connectivity index (χ4v) is 1.35. The van der Waals surface area contributed by atoms with E-state index in [0.717, 1.165) is 0 Å². The maximum Gasteiger partial charge on any atom is 0.347 e. The van der Waals surface area contributed by atoms with Gasteiger partial charge in [0.1, 0.15) is 11.9 Å². The predicted molar refractivity (Wildman–Crippen MR) is 64.0 cm³/mol. The lowest BCUT2D eigenvalue weighted by Gasteiger charge is -2.30. The number of rotatable bonds is 4. The fraction of sp³-hybridized carbons (Fsp3) is 0.462. The van der Waals surface area contributed by atoms with Crippen LogP contribution >= 0.6 is 0 Å². The van der Waals surface area contributed by atoms with Crippen molar-refractivity contribution in [1.29, 1.82) is 0 Å². The highest BCUT2D eigenvalue weighted by Gasteiger charge is 2.37. The quantitative estimate of drug-likeness (QED) is 0.841. The van der Waals surface area contributed by atoms with Crippen LogP contribution in [0.4, 0.5) is 0 Å². The van der Waals surface area contributed by atoms with Gasteiger partial charge in [0.15, 0.2) is 0 Å². The Morgan fingerprint density at radius 3 is 2.18 bits per heavy atom. The summed E-state index contributed by atoms with van der Waals surface area (Å²) >= 11 is 0. The van der Waals surface area contributed by atoms with Crippen LogP contribution in [0.5, 0.6) is 5.75 Å². The Bertz CT molecular complexity index is 367. The van der Waals surface area contributed by atoms with Gasteiger partial charge >= 0.3 is 5.97 Å². The second-order valence-electron chi connectivity index (χ2n) is 5.00. The summed E-state index contributed by atoms with van der Waals surface area (Å²) in [5.74, 6) is -0.737. The van der Waals surface area contributed by atoms with Crippen molar-refractivity contribution in [2.75, 3.05) is 0 Å². The summed E-state index contributed by atoms with van der Waals surface area (Å²) in [5, 5.41) is 19.1. The molecule has 0 bridgehead atoms. The standard InChI is InChI=1S/C13H18O4/c1-13(2,3)11(14)10(12(15)16)17-9-7-5-4-6-8-9/h4-8,10-11,14H,1-3H3,(H,15,16). The van der Waals surface area contributed by atoms with E-state index in [9.17, 15) is 9.90 Å². The summed E-state index contributed by atoms with van der Waals surface area (Å²) in [6, 6.07) is 8.62. The molecule has 0 aliphatic carbocycles. The third-order valence-corrected chi connectivity index (χ3v) is 2.42. The number of aliphatic hydroxyl groups is 1. The molecule has 0 saturated heterocycles. The van der Waals surface area contributed by atoms with Crippen LogP contribution < -0.4 is 4.74 Å². The summed E-state index contributed by atoms with van der Waals surface area (Å²) in [4.78, 5) is 11.1. The molecule has 0 amide bonds. The van der Waals surface area contributed by atoms with Crippen molar-refractivity contribution in [3.8, 4) is 5.75 Å². The first kappa shape index (κ1) is 13.5. The SMILES string of the molecule is CC(C)(C)C(O)C(Oc1ccccc1)C(=O)O. The molecule has 1 aromatic rings. The molecule has 0 aliphatic heterocycles. The Balaban J connectivity index is 2.85. The van der Waals surface area contributed by atoms with Gasteiger partial charge in [0.05, 0.1) is 0 Å². The van der Waals surface area contributed by atoms with Crippen molar-refractivity contribution < 1.29 is 19.7 Å². The number of carbonyl (C=O) groups is 1. The normalized spacial score (nSPS) is 15.1. The topological polar surface area (TPSA) is 66.8 Å². The predicted octanol–water partition coefficient (Wildman–Crippen LogP) is 1.93. The van der Waals surface area contributed by atoms with Crippen LogP contribution in [0.2, 0.25) is 0 Å². The molecule has 0 heterocycles. The van der Waals surface area contributed by atoms with Crippen molar-refractivity contribution >= 4 is 5.97 Å². The zero-order valence-corrected chi connectivity index (χ0v) is 10.3. The number of ether oxygens (including phenoxy) is 1. The number of carboxylic acids is 1. The zero-order chi connectivity index (χ0) is 13.1. The van der Waals surface area contributed by atoms with Gasteiger partial charge in [-0.05, 0) is 17.5 Å². The van der Waals surface area contributed by atoms with E-state index in [1.165, 1.54) is 0 Å². The van der Waals surface area contributed by atoms with Gasteiger partial charge in [0, 0.05) is 0 Å².